The Balaban J connectivity index is 2.24. The molecule has 0 bridgehead atoms. The minimum absolute atomic E-state index is 0.0268. The van der Waals surface area contributed by atoms with Gasteiger partial charge >= 0.3 is 6.03 Å². The lowest BCUT2D eigenvalue weighted by atomic mass is 10.2. The summed E-state index contributed by atoms with van der Waals surface area (Å²) in [6.07, 6.45) is 2.09. The second-order valence-electron chi connectivity index (χ2n) is 6.45. The molecule has 0 spiro atoms. The summed E-state index contributed by atoms with van der Waals surface area (Å²) in [6.45, 7) is 9.39. The third kappa shape index (κ3) is 7.68. The van der Waals surface area contributed by atoms with Crippen LogP contribution in [0.2, 0.25) is 0 Å². The van der Waals surface area contributed by atoms with Gasteiger partial charge in [0.15, 0.2) is 0 Å². The van der Waals surface area contributed by atoms with Crippen LogP contribution in [0, 0.1) is 0 Å². The van der Waals surface area contributed by atoms with Gasteiger partial charge in [-0.15, -0.1) is 0 Å². The van der Waals surface area contributed by atoms with Crippen molar-refractivity contribution in [3.63, 3.8) is 0 Å². The maximum absolute atomic E-state index is 12.1. The molecule has 0 heterocycles. The van der Waals surface area contributed by atoms with Crippen molar-refractivity contribution in [3.8, 4) is 5.75 Å². The van der Waals surface area contributed by atoms with Crippen LogP contribution >= 0.6 is 0 Å². The third-order valence-electron chi connectivity index (χ3n) is 4.10. The summed E-state index contributed by atoms with van der Waals surface area (Å²) in [6, 6.07) is 8.42. The summed E-state index contributed by atoms with van der Waals surface area (Å²) in [5.74, 6) is 0.861. The molecule has 0 saturated carbocycles. The minimum Gasteiger partial charge on any atom is -0.494 e. The van der Waals surface area contributed by atoms with Crippen molar-refractivity contribution in [2.45, 2.75) is 46.2 Å². The van der Waals surface area contributed by atoms with Crippen LogP contribution in [0.25, 0.3) is 0 Å². The van der Waals surface area contributed by atoms with E-state index in [9.17, 15) is 4.79 Å². The molecular weight excluding hydrogens is 302 g/mol. The van der Waals surface area contributed by atoms with Crippen molar-refractivity contribution in [2.24, 2.45) is 0 Å². The number of urea groups is 1. The van der Waals surface area contributed by atoms with Crippen molar-refractivity contribution in [2.75, 3.05) is 33.8 Å². The van der Waals surface area contributed by atoms with Crippen LogP contribution in [0.5, 0.6) is 5.75 Å². The monoisotopic (exact) mass is 335 g/mol. The molecule has 24 heavy (non-hydrogen) atoms. The van der Waals surface area contributed by atoms with E-state index in [4.69, 9.17) is 4.74 Å². The maximum atomic E-state index is 12.1. The quantitative estimate of drug-likeness (QED) is 0.667. The van der Waals surface area contributed by atoms with Gasteiger partial charge in [-0.2, -0.15) is 0 Å². The van der Waals surface area contributed by atoms with Gasteiger partial charge in [0.25, 0.3) is 0 Å². The lowest BCUT2D eigenvalue weighted by molar-refractivity contribution is 0.206. The Morgan fingerprint density at radius 3 is 2.42 bits per heavy atom. The fraction of sp³-hybridized carbons (Fsp3) is 0.632. The zero-order valence-corrected chi connectivity index (χ0v) is 15.8. The van der Waals surface area contributed by atoms with E-state index in [-0.39, 0.29) is 6.03 Å². The van der Waals surface area contributed by atoms with Gasteiger partial charge < -0.3 is 19.9 Å². The highest BCUT2D eigenvalue weighted by Gasteiger charge is 2.09. The highest BCUT2D eigenvalue weighted by atomic mass is 16.5. The van der Waals surface area contributed by atoms with Crippen molar-refractivity contribution in [1.29, 1.82) is 0 Å². The molecule has 0 fully saturated rings. The summed E-state index contributed by atoms with van der Waals surface area (Å²) in [5, 5.41) is 2.98. The van der Waals surface area contributed by atoms with Crippen LogP contribution in [0.1, 0.15) is 39.2 Å². The largest absolute Gasteiger partial charge is 0.494 e. The molecule has 2 amide bonds. The van der Waals surface area contributed by atoms with E-state index in [1.54, 1.807) is 4.90 Å². The summed E-state index contributed by atoms with van der Waals surface area (Å²) >= 11 is 0. The smallest absolute Gasteiger partial charge is 0.317 e. The number of carbonyl (C=O) groups excluding carboxylic acids is 1. The number of carbonyl (C=O) groups is 1. The molecule has 0 unspecified atom stereocenters. The maximum Gasteiger partial charge on any atom is 0.317 e. The van der Waals surface area contributed by atoms with Crippen LogP contribution in [0.15, 0.2) is 24.3 Å². The Morgan fingerprint density at radius 1 is 1.17 bits per heavy atom. The number of rotatable bonds is 10. The first-order chi connectivity index (χ1) is 11.4. The summed E-state index contributed by atoms with van der Waals surface area (Å²) in [5.41, 5.74) is 1.09. The number of amides is 2. The van der Waals surface area contributed by atoms with Gasteiger partial charge in [-0.1, -0.05) is 12.1 Å². The average Bonchev–Trinajstić information content (AvgIpc) is 2.56. The Kier molecular flexibility index (Phi) is 9.23. The Hall–Kier alpha value is -1.75. The molecule has 0 aliphatic heterocycles. The van der Waals surface area contributed by atoms with Crippen molar-refractivity contribution >= 4 is 6.03 Å². The first-order valence-corrected chi connectivity index (χ1v) is 8.85. The van der Waals surface area contributed by atoms with Crippen LogP contribution in [0.4, 0.5) is 4.79 Å². The Morgan fingerprint density at radius 2 is 1.83 bits per heavy atom. The van der Waals surface area contributed by atoms with Gasteiger partial charge in [-0.05, 0) is 64.9 Å². The van der Waals surface area contributed by atoms with Crippen LogP contribution < -0.4 is 10.1 Å². The standard InChI is InChI=1S/C19H33N3O2/c1-6-24-18-11-9-17(10-12-18)15-22(5)19(23)20-13-7-8-14-21(4)16(2)3/h9-12,16H,6-8,13-15H2,1-5H3,(H,20,23). The first kappa shape index (κ1) is 20.3. The molecule has 1 N–H and O–H groups in total. The zero-order valence-electron chi connectivity index (χ0n) is 15.8. The molecule has 5 nitrogen and oxygen atoms in total. The average molecular weight is 335 g/mol. The lowest BCUT2D eigenvalue weighted by Gasteiger charge is -2.21. The molecule has 0 saturated heterocycles. The second-order valence-corrected chi connectivity index (χ2v) is 6.45. The molecule has 0 radical (unpaired) electrons. The van der Waals surface area contributed by atoms with Gasteiger partial charge in [0.05, 0.1) is 6.61 Å². The molecular formula is C19H33N3O2. The van der Waals surface area contributed by atoms with E-state index in [1.165, 1.54) is 0 Å². The molecule has 136 valence electrons. The van der Waals surface area contributed by atoms with Gasteiger partial charge in [-0.3, -0.25) is 0 Å². The van der Waals surface area contributed by atoms with Gasteiger partial charge in [-0.25, -0.2) is 4.79 Å². The van der Waals surface area contributed by atoms with Crippen molar-refractivity contribution in [1.82, 2.24) is 15.1 Å². The van der Waals surface area contributed by atoms with Gasteiger partial charge in [0, 0.05) is 26.2 Å². The van der Waals surface area contributed by atoms with Crippen LogP contribution in [-0.2, 0) is 6.54 Å². The molecule has 0 aromatic heterocycles. The fourth-order valence-electron chi connectivity index (χ4n) is 2.28. The molecule has 1 rings (SSSR count). The summed E-state index contributed by atoms with van der Waals surface area (Å²) in [4.78, 5) is 16.1. The number of ether oxygens (including phenoxy) is 1. The van der Waals surface area contributed by atoms with Crippen molar-refractivity contribution in [3.05, 3.63) is 29.8 Å². The molecule has 0 aliphatic carbocycles. The van der Waals surface area contributed by atoms with E-state index in [0.29, 0.717) is 19.2 Å². The minimum atomic E-state index is -0.0268. The van der Waals surface area contributed by atoms with E-state index >= 15 is 0 Å². The molecule has 0 aliphatic rings. The number of hydrogen-bond donors (Lipinski definition) is 1. The van der Waals surface area contributed by atoms with Gasteiger partial charge in [0.1, 0.15) is 5.75 Å². The number of benzene rings is 1. The van der Waals surface area contributed by atoms with E-state index in [2.05, 4.69) is 31.1 Å². The number of nitrogens with one attached hydrogen (secondary N) is 1. The zero-order chi connectivity index (χ0) is 17.9. The van der Waals surface area contributed by atoms with E-state index in [0.717, 1.165) is 37.2 Å². The fourth-order valence-corrected chi connectivity index (χ4v) is 2.28. The summed E-state index contributed by atoms with van der Waals surface area (Å²) < 4.78 is 5.42. The number of unbranched alkanes of at least 4 members (excludes halogenated alkanes) is 1. The highest BCUT2D eigenvalue weighted by molar-refractivity contribution is 5.73. The summed E-state index contributed by atoms with van der Waals surface area (Å²) in [7, 11) is 3.95. The van der Waals surface area contributed by atoms with Crippen molar-refractivity contribution < 1.29 is 9.53 Å². The highest BCUT2D eigenvalue weighted by Crippen LogP contribution is 2.13. The van der Waals surface area contributed by atoms with E-state index in [1.807, 2.05) is 38.2 Å². The Labute approximate surface area is 147 Å². The molecule has 1 aromatic carbocycles. The molecule has 0 atom stereocenters. The second kappa shape index (κ2) is 10.9. The van der Waals surface area contributed by atoms with Gasteiger partial charge in [0.2, 0.25) is 0 Å². The number of hydrogen-bond acceptors (Lipinski definition) is 3. The van der Waals surface area contributed by atoms with E-state index < -0.39 is 0 Å². The molecule has 5 heteroatoms. The lowest BCUT2D eigenvalue weighted by Crippen LogP contribution is -2.37. The third-order valence-corrected chi connectivity index (χ3v) is 4.10. The Bertz CT molecular complexity index is 474. The number of nitrogens with zero attached hydrogens (tertiary/aromatic N) is 2. The SMILES string of the molecule is CCOc1ccc(CN(C)C(=O)NCCCCN(C)C(C)C)cc1. The predicted molar refractivity (Wildman–Crippen MR) is 99.5 cm³/mol. The molecule has 1 aromatic rings. The first-order valence-electron chi connectivity index (χ1n) is 8.85. The predicted octanol–water partition coefficient (Wildman–Crippen LogP) is 3.35. The normalized spacial score (nSPS) is 11.0. The van der Waals surface area contributed by atoms with Crippen LogP contribution in [0.3, 0.4) is 0 Å². The topological polar surface area (TPSA) is 44.8 Å². The van der Waals surface area contributed by atoms with Crippen LogP contribution in [-0.4, -0.2) is 55.7 Å².